The Kier molecular flexibility index (Phi) is 2.37. The molecule has 3 nitrogen and oxygen atoms in total. The summed E-state index contributed by atoms with van der Waals surface area (Å²) < 4.78 is 0. The minimum absolute atomic E-state index is 0.128. The highest BCUT2D eigenvalue weighted by atomic mass is 16.3. The van der Waals surface area contributed by atoms with Crippen molar-refractivity contribution in [2.24, 2.45) is 0 Å². The van der Waals surface area contributed by atoms with Gasteiger partial charge in [0.05, 0.1) is 0 Å². The number of hydrogen-bond donors (Lipinski definition) is 2. The Balaban J connectivity index is 2.06. The van der Waals surface area contributed by atoms with E-state index < -0.39 is 12.2 Å². The van der Waals surface area contributed by atoms with E-state index in [0.717, 1.165) is 27.8 Å². The molecule has 100 valence electrons. The van der Waals surface area contributed by atoms with Gasteiger partial charge < -0.3 is 10.2 Å². The molecule has 2 aromatic carbocycles. The summed E-state index contributed by atoms with van der Waals surface area (Å²) in [4.78, 5) is 11.8. The van der Waals surface area contributed by atoms with Crippen molar-refractivity contribution in [1.82, 2.24) is 0 Å². The standard InChI is InChI=1S/C17H14O3/c18-14-8-7-12-10(14)5-6-11-9-3-1-2-4-13(9)16(19)17(20)15(11)12/h1-6,16-17,19-20H,7-8H2/t16-,17-/m0/s1. The van der Waals surface area contributed by atoms with E-state index in [1.165, 1.54) is 0 Å². The summed E-state index contributed by atoms with van der Waals surface area (Å²) in [5.41, 5.74) is 4.98. The minimum Gasteiger partial charge on any atom is -0.385 e. The third-order valence-corrected chi connectivity index (χ3v) is 4.42. The summed E-state index contributed by atoms with van der Waals surface area (Å²) in [7, 11) is 0. The fourth-order valence-electron chi connectivity index (χ4n) is 3.47. The maximum Gasteiger partial charge on any atom is 0.163 e. The van der Waals surface area contributed by atoms with Crippen molar-refractivity contribution < 1.29 is 15.0 Å². The number of hydrogen-bond acceptors (Lipinski definition) is 3. The van der Waals surface area contributed by atoms with Gasteiger partial charge in [0.2, 0.25) is 0 Å². The van der Waals surface area contributed by atoms with Gasteiger partial charge in [-0.05, 0) is 34.2 Å². The van der Waals surface area contributed by atoms with Crippen LogP contribution in [-0.2, 0) is 6.42 Å². The van der Waals surface area contributed by atoms with E-state index in [1.807, 2.05) is 36.4 Å². The number of aliphatic hydroxyl groups excluding tert-OH is 2. The predicted molar refractivity (Wildman–Crippen MR) is 74.4 cm³/mol. The number of ketones is 1. The summed E-state index contributed by atoms with van der Waals surface area (Å²) in [5.74, 6) is 0.128. The van der Waals surface area contributed by atoms with Crippen molar-refractivity contribution in [2.75, 3.05) is 0 Å². The molecule has 0 spiro atoms. The van der Waals surface area contributed by atoms with Gasteiger partial charge in [-0.2, -0.15) is 0 Å². The van der Waals surface area contributed by atoms with Crippen LogP contribution < -0.4 is 0 Å². The van der Waals surface area contributed by atoms with Gasteiger partial charge in [0.15, 0.2) is 5.78 Å². The van der Waals surface area contributed by atoms with Gasteiger partial charge in [0.1, 0.15) is 12.2 Å². The summed E-state index contributed by atoms with van der Waals surface area (Å²) in [5, 5.41) is 20.8. The van der Waals surface area contributed by atoms with E-state index in [-0.39, 0.29) is 5.78 Å². The molecule has 0 saturated heterocycles. The molecule has 0 bridgehead atoms. The van der Waals surface area contributed by atoms with Gasteiger partial charge in [0, 0.05) is 12.0 Å². The van der Waals surface area contributed by atoms with Crippen LogP contribution in [0, 0.1) is 0 Å². The first-order chi connectivity index (χ1) is 9.68. The van der Waals surface area contributed by atoms with Crippen molar-refractivity contribution in [3.63, 3.8) is 0 Å². The third kappa shape index (κ3) is 1.39. The summed E-state index contributed by atoms with van der Waals surface area (Å²) in [6.07, 6.45) is -0.735. The van der Waals surface area contributed by atoms with Crippen LogP contribution in [0.4, 0.5) is 0 Å². The molecule has 20 heavy (non-hydrogen) atoms. The number of fused-ring (bicyclic) bond motifs is 5. The molecule has 0 unspecified atom stereocenters. The zero-order valence-electron chi connectivity index (χ0n) is 10.8. The van der Waals surface area contributed by atoms with E-state index >= 15 is 0 Å². The molecule has 0 amide bonds. The molecular weight excluding hydrogens is 252 g/mol. The van der Waals surface area contributed by atoms with Gasteiger partial charge >= 0.3 is 0 Å². The number of Topliss-reactive ketones (excluding diaryl/α,β-unsaturated/α-hetero) is 1. The minimum atomic E-state index is -0.958. The monoisotopic (exact) mass is 266 g/mol. The maximum absolute atomic E-state index is 11.8. The Morgan fingerprint density at radius 3 is 2.45 bits per heavy atom. The van der Waals surface area contributed by atoms with Crippen molar-refractivity contribution in [1.29, 1.82) is 0 Å². The normalized spacial score (nSPS) is 23.2. The summed E-state index contributed by atoms with van der Waals surface area (Å²) in [6, 6.07) is 11.3. The zero-order chi connectivity index (χ0) is 13.9. The number of aliphatic hydroxyl groups is 2. The van der Waals surface area contributed by atoms with E-state index in [2.05, 4.69) is 0 Å². The highest BCUT2D eigenvalue weighted by Crippen LogP contribution is 2.47. The average molecular weight is 266 g/mol. The Bertz CT molecular complexity index is 733. The van der Waals surface area contributed by atoms with E-state index in [4.69, 9.17) is 0 Å². The molecule has 3 heteroatoms. The number of carbonyl (C=O) groups excluding carboxylic acids is 1. The number of carbonyl (C=O) groups is 1. The van der Waals surface area contributed by atoms with Gasteiger partial charge in [-0.3, -0.25) is 4.79 Å². The van der Waals surface area contributed by atoms with Crippen LogP contribution in [0.2, 0.25) is 0 Å². The van der Waals surface area contributed by atoms with Crippen molar-refractivity contribution in [3.8, 4) is 11.1 Å². The number of benzene rings is 2. The molecule has 4 rings (SSSR count). The molecule has 2 aliphatic carbocycles. The van der Waals surface area contributed by atoms with Crippen LogP contribution in [-0.4, -0.2) is 16.0 Å². The van der Waals surface area contributed by atoms with Crippen molar-refractivity contribution >= 4 is 5.78 Å². The highest BCUT2D eigenvalue weighted by Gasteiger charge is 2.35. The van der Waals surface area contributed by atoms with Gasteiger partial charge in [0.25, 0.3) is 0 Å². The molecule has 0 aromatic heterocycles. The lowest BCUT2D eigenvalue weighted by atomic mass is 9.79. The summed E-state index contributed by atoms with van der Waals surface area (Å²) in [6.45, 7) is 0. The van der Waals surface area contributed by atoms with Gasteiger partial charge in [-0.15, -0.1) is 0 Å². The van der Waals surface area contributed by atoms with Crippen molar-refractivity contribution in [3.05, 3.63) is 58.7 Å². The lowest BCUT2D eigenvalue weighted by Gasteiger charge is -2.30. The molecule has 0 aliphatic heterocycles. The second kappa shape index (κ2) is 4.01. The maximum atomic E-state index is 11.8. The van der Waals surface area contributed by atoms with Crippen LogP contribution in [0.3, 0.4) is 0 Å². The molecule has 2 aromatic rings. The fraction of sp³-hybridized carbons (Fsp3) is 0.235. The quantitative estimate of drug-likeness (QED) is 0.770. The topological polar surface area (TPSA) is 57.5 Å². The first-order valence-electron chi connectivity index (χ1n) is 6.83. The third-order valence-electron chi connectivity index (χ3n) is 4.42. The molecule has 0 heterocycles. The predicted octanol–water partition coefficient (Wildman–Crippen LogP) is 2.56. The lowest BCUT2D eigenvalue weighted by Crippen LogP contribution is -2.19. The molecular formula is C17H14O3. The first-order valence-corrected chi connectivity index (χ1v) is 6.83. The Morgan fingerprint density at radius 1 is 0.850 bits per heavy atom. The largest absolute Gasteiger partial charge is 0.385 e. The van der Waals surface area contributed by atoms with Crippen molar-refractivity contribution in [2.45, 2.75) is 25.0 Å². The fourth-order valence-corrected chi connectivity index (χ4v) is 3.47. The Labute approximate surface area is 116 Å². The van der Waals surface area contributed by atoms with Crippen LogP contribution in [0.25, 0.3) is 11.1 Å². The molecule has 2 N–H and O–H groups in total. The smallest absolute Gasteiger partial charge is 0.163 e. The summed E-state index contributed by atoms with van der Waals surface area (Å²) >= 11 is 0. The molecule has 0 saturated carbocycles. The number of rotatable bonds is 0. The molecule has 0 fully saturated rings. The Morgan fingerprint density at radius 2 is 1.60 bits per heavy atom. The average Bonchev–Trinajstić information content (AvgIpc) is 2.86. The lowest BCUT2D eigenvalue weighted by molar-refractivity contribution is 0.0153. The molecule has 2 atom stereocenters. The highest BCUT2D eigenvalue weighted by molar-refractivity contribution is 6.02. The Hall–Kier alpha value is -1.97. The van der Waals surface area contributed by atoms with E-state index in [0.29, 0.717) is 18.4 Å². The molecule has 2 aliphatic rings. The second-order valence-corrected chi connectivity index (χ2v) is 5.45. The second-order valence-electron chi connectivity index (χ2n) is 5.45. The van der Waals surface area contributed by atoms with Crippen LogP contribution in [0.15, 0.2) is 36.4 Å². The van der Waals surface area contributed by atoms with Crippen LogP contribution in [0.1, 0.15) is 45.7 Å². The van der Waals surface area contributed by atoms with Gasteiger partial charge in [-0.25, -0.2) is 0 Å². The van der Waals surface area contributed by atoms with E-state index in [1.54, 1.807) is 0 Å². The first kappa shape index (κ1) is 11.8. The van der Waals surface area contributed by atoms with E-state index in [9.17, 15) is 15.0 Å². The zero-order valence-corrected chi connectivity index (χ0v) is 10.8. The SMILES string of the molecule is O=C1CCc2c1ccc1c2[C@H](O)[C@@H](O)c2ccccc2-1. The van der Waals surface area contributed by atoms with Crippen LogP contribution >= 0.6 is 0 Å². The molecule has 0 radical (unpaired) electrons. The van der Waals surface area contributed by atoms with Crippen LogP contribution in [0.5, 0.6) is 0 Å². The van der Waals surface area contributed by atoms with Gasteiger partial charge in [-0.1, -0.05) is 36.4 Å².